The molecule has 1 saturated heterocycles. The van der Waals surface area contributed by atoms with Gasteiger partial charge in [-0.05, 0) is 26.8 Å². The Morgan fingerprint density at radius 3 is 3.00 bits per heavy atom. The summed E-state index contributed by atoms with van der Waals surface area (Å²) in [6.07, 6.45) is 0.862. The topological polar surface area (TPSA) is 82.2 Å². The van der Waals surface area contributed by atoms with Gasteiger partial charge in [-0.25, -0.2) is 4.68 Å². The number of nitrogens with one attached hydrogen (secondary N) is 1. The minimum Gasteiger partial charge on any atom is -0.468 e. The zero-order valence-electron chi connectivity index (χ0n) is 9.97. The van der Waals surface area contributed by atoms with Gasteiger partial charge in [0.25, 0.3) is 5.88 Å². The zero-order chi connectivity index (χ0) is 12.4. The summed E-state index contributed by atoms with van der Waals surface area (Å²) in [6, 6.07) is 0. The second-order valence-electron chi connectivity index (χ2n) is 4.04. The third-order valence-corrected chi connectivity index (χ3v) is 2.83. The van der Waals surface area contributed by atoms with Crippen LogP contribution < -0.4 is 10.1 Å². The highest BCUT2D eigenvalue weighted by Gasteiger charge is 2.29. The van der Waals surface area contributed by atoms with Crippen molar-refractivity contribution in [2.45, 2.75) is 32.9 Å². The molecule has 17 heavy (non-hydrogen) atoms. The summed E-state index contributed by atoms with van der Waals surface area (Å²) in [4.78, 5) is 10.6. The maximum absolute atomic E-state index is 11.0. The van der Waals surface area contributed by atoms with E-state index in [0.717, 1.165) is 19.5 Å². The van der Waals surface area contributed by atoms with Gasteiger partial charge in [-0.2, -0.15) is 5.10 Å². The SMILES string of the molecule is CCn1nc(C)c([N+](=O)[O-])c1OC1CCNC1. The molecule has 1 fully saturated rings. The molecule has 1 unspecified atom stereocenters. The number of nitro groups is 1. The van der Waals surface area contributed by atoms with Crippen molar-refractivity contribution < 1.29 is 9.66 Å². The van der Waals surface area contributed by atoms with E-state index in [1.165, 1.54) is 0 Å². The molecule has 94 valence electrons. The van der Waals surface area contributed by atoms with Gasteiger partial charge in [0, 0.05) is 13.1 Å². The van der Waals surface area contributed by atoms with E-state index in [0.29, 0.717) is 12.2 Å². The molecule has 1 N–H and O–H groups in total. The monoisotopic (exact) mass is 240 g/mol. The number of hydrogen-bond acceptors (Lipinski definition) is 5. The summed E-state index contributed by atoms with van der Waals surface area (Å²) < 4.78 is 7.25. The van der Waals surface area contributed by atoms with Gasteiger partial charge < -0.3 is 10.1 Å². The van der Waals surface area contributed by atoms with E-state index in [1.807, 2.05) is 6.92 Å². The minimum atomic E-state index is -0.424. The van der Waals surface area contributed by atoms with E-state index in [-0.39, 0.29) is 17.7 Å². The van der Waals surface area contributed by atoms with Gasteiger partial charge in [0.2, 0.25) is 0 Å². The third-order valence-electron chi connectivity index (χ3n) is 2.83. The molecule has 0 spiro atoms. The average molecular weight is 240 g/mol. The molecule has 1 aromatic rings. The molecule has 0 amide bonds. The van der Waals surface area contributed by atoms with Crippen LogP contribution in [0.4, 0.5) is 5.69 Å². The van der Waals surface area contributed by atoms with Gasteiger partial charge in [-0.3, -0.25) is 10.1 Å². The van der Waals surface area contributed by atoms with Crippen molar-refractivity contribution in [1.29, 1.82) is 0 Å². The standard InChI is InChI=1S/C10H16N4O3/c1-3-13-10(17-8-4-5-11-6-8)9(14(15)16)7(2)12-13/h8,11H,3-6H2,1-2H3. The Kier molecular flexibility index (Phi) is 3.28. The van der Waals surface area contributed by atoms with Crippen molar-refractivity contribution >= 4 is 5.69 Å². The molecule has 2 rings (SSSR count). The van der Waals surface area contributed by atoms with E-state index < -0.39 is 4.92 Å². The molecular weight excluding hydrogens is 224 g/mol. The van der Waals surface area contributed by atoms with Gasteiger partial charge in [-0.1, -0.05) is 0 Å². The smallest absolute Gasteiger partial charge is 0.353 e. The first-order valence-corrected chi connectivity index (χ1v) is 5.72. The highest BCUT2D eigenvalue weighted by Crippen LogP contribution is 2.31. The van der Waals surface area contributed by atoms with Crippen molar-refractivity contribution in [3.8, 4) is 5.88 Å². The van der Waals surface area contributed by atoms with Crippen LogP contribution in [-0.4, -0.2) is 33.9 Å². The molecule has 0 bridgehead atoms. The lowest BCUT2D eigenvalue weighted by Crippen LogP contribution is -2.21. The zero-order valence-corrected chi connectivity index (χ0v) is 9.97. The Hall–Kier alpha value is -1.63. The Morgan fingerprint density at radius 2 is 2.47 bits per heavy atom. The first-order chi connectivity index (χ1) is 8.13. The number of nitrogens with zero attached hydrogens (tertiary/aromatic N) is 3. The molecule has 1 aliphatic rings. The largest absolute Gasteiger partial charge is 0.468 e. The van der Waals surface area contributed by atoms with Crippen molar-refractivity contribution in [1.82, 2.24) is 15.1 Å². The lowest BCUT2D eigenvalue weighted by atomic mass is 10.3. The van der Waals surface area contributed by atoms with Crippen molar-refractivity contribution in [2.24, 2.45) is 0 Å². The predicted octanol–water partition coefficient (Wildman–Crippen LogP) is 0.860. The van der Waals surface area contributed by atoms with Crippen molar-refractivity contribution in [3.63, 3.8) is 0 Å². The number of ether oxygens (including phenoxy) is 1. The Bertz CT molecular complexity index is 423. The quantitative estimate of drug-likeness (QED) is 0.623. The highest BCUT2D eigenvalue weighted by molar-refractivity contribution is 5.45. The molecule has 0 radical (unpaired) electrons. The second-order valence-corrected chi connectivity index (χ2v) is 4.04. The number of aryl methyl sites for hydroxylation is 2. The van der Waals surface area contributed by atoms with Gasteiger partial charge in [0.1, 0.15) is 11.8 Å². The Labute approximate surface area is 98.9 Å². The number of hydrogen-bond donors (Lipinski definition) is 1. The van der Waals surface area contributed by atoms with Gasteiger partial charge in [-0.15, -0.1) is 0 Å². The lowest BCUT2D eigenvalue weighted by Gasteiger charge is -2.12. The summed E-state index contributed by atoms with van der Waals surface area (Å²) in [7, 11) is 0. The van der Waals surface area contributed by atoms with Gasteiger partial charge in [0.05, 0.1) is 4.92 Å². The van der Waals surface area contributed by atoms with Crippen LogP contribution in [0.15, 0.2) is 0 Å². The van der Waals surface area contributed by atoms with E-state index in [2.05, 4.69) is 10.4 Å². The molecule has 2 heterocycles. The van der Waals surface area contributed by atoms with Crippen LogP contribution in [0.25, 0.3) is 0 Å². The molecular formula is C10H16N4O3. The van der Waals surface area contributed by atoms with Crippen LogP contribution in [-0.2, 0) is 6.54 Å². The first-order valence-electron chi connectivity index (χ1n) is 5.72. The molecule has 0 saturated carbocycles. The summed E-state index contributed by atoms with van der Waals surface area (Å²) >= 11 is 0. The van der Waals surface area contributed by atoms with Crippen LogP contribution in [0.2, 0.25) is 0 Å². The fourth-order valence-corrected chi connectivity index (χ4v) is 1.98. The van der Waals surface area contributed by atoms with Crippen molar-refractivity contribution in [3.05, 3.63) is 15.8 Å². The molecule has 1 atom stereocenters. The molecule has 7 heteroatoms. The molecule has 1 aliphatic heterocycles. The predicted molar refractivity (Wildman–Crippen MR) is 61.2 cm³/mol. The third kappa shape index (κ3) is 2.23. The fourth-order valence-electron chi connectivity index (χ4n) is 1.98. The minimum absolute atomic E-state index is 0.00454. The van der Waals surface area contributed by atoms with Crippen LogP contribution in [0.3, 0.4) is 0 Å². The van der Waals surface area contributed by atoms with Crippen LogP contribution in [0, 0.1) is 17.0 Å². The van der Waals surface area contributed by atoms with E-state index in [1.54, 1.807) is 11.6 Å². The van der Waals surface area contributed by atoms with E-state index in [4.69, 9.17) is 4.74 Å². The Morgan fingerprint density at radius 1 is 1.71 bits per heavy atom. The molecule has 0 aliphatic carbocycles. The molecule has 0 aromatic carbocycles. The summed E-state index contributed by atoms with van der Waals surface area (Å²) in [5, 5.41) is 18.3. The lowest BCUT2D eigenvalue weighted by molar-refractivity contribution is -0.386. The van der Waals surface area contributed by atoms with Crippen molar-refractivity contribution in [2.75, 3.05) is 13.1 Å². The number of rotatable bonds is 4. The van der Waals surface area contributed by atoms with E-state index >= 15 is 0 Å². The highest BCUT2D eigenvalue weighted by atomic mass is 16.6. The fraction of sp³-hybridized carbons (Fsp3) is 0.700. The maximum atomic E-state index is 11.0. The van der Waals surface area contributed by atoms with Crippen LogP contribution in [0.1, 0.15) is 19.0 Å². The summed E-state index contributed by atoms with van der Waals surface area (Å²) in [6.45, 7) is 5.69. The van der Waals surface area contributed by atoms with Gasteiger partial charge >= 0.3 is 5.69 Å². The van der Waals surface area contributed by atoms with E-state index in [9.17, 15) is 10.1 Å². The Balaban J connectivity index is 2.31. The normalized spacial score (nSPS) is 19.5. The van der Waals surface area contributed by atoms with Crippen LogP contribution in [0.5, 0.6) is 5.88 Å². The number of aromatic nitrogens is 2. The van der Waals surface area contributed by atoms with Crippen LogP contribution >= 0.6 is 0 Å². The molecule has 1 aromatic heterocycles. The second kappa shape index (κ2) is 4.70. The summed E-state index contributed by atoms with van der Waals surface area (Å²) in [5.41, 5.74) is 0.386. The maximum Gasteiger partial charge on any atom is 0.353 e. The average Bonchev–Trinajstić information content (AvgIpc) is 2.86. The van der Waals surface area contributed by atoms with Gasteiger partial charge in [0.15, 0.2) is 0 Å². The first kappa shape index (κ1) is 11.8. The summed E-state index contributed by atoms with van der Waals surface area (Å²) in [5.74, 6) is 0.281. The molecule has 7 nitrogen and oxygen atoms in total.